The molecule has 1 saturated heterocycles. The molecule has 44 heavy (non-hydrogen) atoms. The van der Waals surface area contributed by atoms with Gasteiger partial charge in [-0.25, -0.2) is 9.48 Å². The number of amides is 3. The van der Waals surface area contributed by atoms with Gasteiger partial charge in [0.1, 0.15) is 11.5 Å². The Hall–Kier alpha value is -4.58. The highest BCUT2D eigenvalue weighted by Crippen LogP contribution is 2.31. The van der Waals surface area contributed by atoms with Crippen LogP contribution in [0.1, 0.15) is 34.5 Å². The Kier molecular flexibility index (Phi) is 10.0. The molecule has 11 nitrogen and oxygen atoms in total. The molecule has 1 aliphatic heterocycles. The van der Waals surface area contributed by atoms with Gasteiger partial charge in [-0.1, -0.05) is 48.5 Å². The van der Waals surface area contributed by atoms with Gasteiger partial charge in [0.2, 0.25) is 0 Å². The number of aliphatic hydroxyl groups excluding tert-OH is 1. The van der Waals surface area contributed by atoms with Gasteiger partial charge in [0.25, 0.3) is 5.91 Å². The van der Waals surface area contributed by atoms with Crippen molar-refractivity contribution in [2.24, 2.45) is 0 Å². The van der Waals surface area contributed by atoms with E-state index in [4.69, 9.17) is 9.84 Å². The van der Waals surface area contributed by atoms with Crippen LogP contribution in [0, 0.1) is 6.92 Å². The third-order valence-electron chi connectivity index (χ3n) is 7.73. The Morgan fingerprint density at radius 1 is 1.07 bits per heavy atom. The molecule has 2 aromatic carbocycles. The van der Waals surface area contributed by atoms with Crippen LogP contribution >= 0.6 is 0 Å². The topological polar surface area (TPSA) is 134 Å². The molecule has 3 atom stereocenters. The van der Waals surface area contributed by atoms with Gasteiger partial charge < -0.3 is 20.5 Å². The first-order valence-electron chi connectivity index (χ1n) is 14.8. The third kappa shape index (κ3) is 7.31. The van der Waals surface area contributed by atoms with Crippen LogP contribution in [-0.2, 0) is 4.74 Å². The first kappa shape index (κ1) is 30.9. The number of hydrogen-bond donors (Lipinski definition) is 4. The first-order chi connectivity index (χ1) is 21.3. The minimum Gasteiger partial charge on any atom is -0.392 e. The Morgan fingerprint density at radius 3 is 2.50 bits per heavy atom. The van der Waals surface area contributed by atoms with Gasteiger partial charge in [0.15, 0.2) is 0 Å². The summed E-state index contributed by atoms with van der Waals surface area (Å²) in [7, 11) is 1.69. The fourth-order valence-corrected chi connectivity index (χ4v) is 5.49. The molecule has 0 radical (unpaired) electrons. The monoisotopic (exact) mass is 597 g/mol. The SMILES string of the molecule is COCCN1C[C@@H](NC(=O)Nc2c(C)c(-c3ccnc(C(=O)NC[C@@H](C)O)c3)nn2-c2ccccc2)[C@H](c2ccccc2)C1. The Bertz CT molecular complexity index is 1560. The smallest absolute Gasteiger partial charge is 0.320 e. The van der Waals surface area contributed by atoms with Crippen LogP contribution in [0.2, 0.25) is 0 Å². The van der Waals surface area contributed by atoms with Crippen molar-refractivity contribution in [3.05, 3.63) is 95.8 Å². The zero-order valence-corrected chi connectivity index (χ0v) is 25.2. The van der Waals surface area contributed by atoms with Crippen molar-refractivity contribution in [1.82, 2.24) is 30.3 Å². The van der Waals surface area contributed by atoms with Crippen LogP contribution in [0.5, 0.6) is 0 Å². The van der Waals surface area contributed by atoms with Crippen molar-refractivity contribution >= 4 is 17.8 Å². The van der Waals surface area contributed by atoms with E-state index in [0.717, 1.165) is 24.3 Å². The van der Waals surface area contributed by atoms with Crippen LogP contribution < -0.4 is 16.0 Å². The number of rotatable bonds is 11. The lowest BCUT2D eigenvalue weighted by molar-refractivity contribution is 0.0919. The second-order valence-corrected chi connectivity index (χ2v) is 11.0. The maximum atomic E-state index is 13.6. The summed E-state index contributed by atoms with van der Waals surface area (Å²) in [6.45, 7) is 6.53. The number of likely N-dealkylation sites (tertiary alicyclic amines) is 1. The van der Waals surface area contributed by atoms with E-state index in [1.165, 1.54) is 5.56 Å². The molecule has 3 amide bonds. The number of ether oxygens (including phenoxy) is 1. The molecule has 0 bridgehead atoms. The molecule has 230 valence electrons. The number of hydrogen-bond acceptors (Lipinski definition) is 7. The number of aliphatic hydroxyl groups is 1. The average molecular weight is 598 g/mol. The summed E-state index contributed by atoms with van der Waals surface area (Å²) in [6, 6.07) is 22.8. The molecular formula is C33H39N7O4. The van der Waals surface area contributed by atoms with E-state index >= 15 is 0 Å². The highest BCUT2D eigenvalue weighted by Gasteiger charge is 2.35. The molecule has 4 aromatic rings. The number of carbonyl (C=O) groups excluding carboxylic acids is 2. The lowest BCUT2D eigenvalue weighted by Gasteiger charge is -2.21. The van der Waals surface area contributed by atoms with Gasteiger partial charge in [-0.15, -0.1) is 0 Å². The number of carbonyl (C=O) groups is 2. The number of nitrogens with one attached hydrogen (secondary N) is 3. The average Bonchev–Trinajstić information content (AvgIpc) is 3.59. The Labute approximate surface area is 257 Å². The standard InChI is InChI=1S/C33H39N7O4/c1-22(41)19-35-32(42)28-18-25(14-15-34-28)30-23(2)31(40(38-30)26-12-8-5-9-13-26)37-33(43)36-29-21-39(16-17-44-3)20-27(29)24-10-6-4-7-11-24/h4-15,18,22,27,29,41H,16-17,19-21H2,1-3H3,(H,35,42)(H2,36,37,43)/t22-,27+,29-/m1/s1. The molecule has 0 spiro atoms. The number of methoxy groups -OCH3 is 1. The molecule has 4 N–H and O–H groups in total. The fourth-order valence-electron chi connectivity index (χ4n) is 5.49. The fraction of sp³-hybridized carbons (Fsp3) is 0.333. The second-order valence-electron chi connectivity index (χ2n) is 11.0. The lowest BCUT2D eigenvalue weighted by atomic mass is 9.94. The van der Waals surface area contributed by atoms with Gasteiger partial charge >= 0.3 is 6.03 Å². The Morgan fingerprint density at radius 2 is 1.80 bits per heavy atom. The van der Waals surface area contributed by atoms with Crippen LogP contribution in [0.25, 0.3) is 16.9 Å². The van der Waals surface area contributed by atoms with E-state index in [2.05, 4.69) is 38.0 Å². The molecule has 0 unspecified atom stereocenters. The van der Waals surface area contributed by atoms with Gasteiger partial charge in [-0.2, -0.15) is 5.10 Å². The largest absolute Gasteiger partial charge is 0.392 e. The number of urea groups is 1. The predicted octanol–water partition coefficient (Wildman–Crippen LogP) is 3.59. The van der Waals surface area contributed by atoms with Crippen molar-refractivity contribution < 1.29 is 19.4 Å². The molecule has 1 aliphatic rings. The summed E-state index contributed by atoms with van der Waals surface area (Å²) in [5.41, 5.74) is 4.16. The third-order valence-corrected chi connectivity index (χ3v) is 7.73. The molecule has 3 heterocycles. The zero-order valence-electron chi connectivity index (χ0n) is 25.2. The maximum Gasteiger partial charge on any atom is 0.320 e. The highest BCUT2D eigenvalue weighted by atomic mass is 16.5. The van der Waals surface area contributed by atoms with Crippen LogP contribution in [0.3, 0.4) is 0 Å². The number of pyridine rings is 1. The normalized spacial score (nSPS) is 17.3. The second kappa shape index (κ2) is 14.3. The first-order valence-corrected chi connectivity index (χ1v) is 14.8. The van der Waals surface area contributed by atoms with E-state index in [1.807, 2.05) is 55.5 Å². The van der Waals surface area contributed by atoms with Gasteiger partial charge in [-0.05, 0) is 43.7 Å². The van der Waals surface area contributed by atoms with E-state index in [0.29, 0.717) is 30.2 Å². The van der Waals surface area contributed by atoms with Gasteiger partial charge in [0.05, 0.1) is 30.1 Å². The highest BCUT2D eigenvalue weighted by molar-refractivity contribution is 5.94. The van der Waals surface area contributed by atoms with Crippen LogP contribution in [0.15, 0.2) is 79.0 Å². The zero-order chi connectivity index (χ0) is 31.1. The number of anilines is 1. The molecule has 1 fully saturated rings. The molecule has 0 saturated carbocycles. The number of nitrogens with zero attached hydrogens (tertiary/aromatic N) is 4. The van der Waals surface area contributed by atoms with Crippen molar-refractivity contribution in [3.8, 4) is 16.9 Å². The summed E-state index contributed by atoms with van der Waals surface area (Å²) in [6.07, 6.45) is 0.874. The molecule has 5 rings (SSSR count). The van der Waals surface area contributed by atoms with Crippen molar-refractivity contribution in [1.29, 1.82) is 0 Å². The summed E-state index contributed by atoms with van der Waals surface area (Å²) in [5.74, 6) is 0.255. The van der Waals surface area contributed by atoms with Crippen molar-refractivity contribution in [3.63, 3.8) is 0 Å². The lowest BCUT2D eigenvalue weighted by Crippen LogP contribution is -2.42. The van der Waals surface area contributed by atoms with E-state index in [9.17, 15) is 14.7 Å². The summed E-state index contributed by atoms with van der Waals surface area (Å²) in [4.78, 5) is 32.8. The number of aromatic nitrogens is 3. The molecular weight excluding hydrogens is 558 g/mol. The Balaban J connectivity index is 1.42. The molecule has 11 heteroatoms. The minimum atomic E-state index is -0.675. The van der Waals surface area contributed by atoms with E-state index < -0.39 is 12.0 Å². The quantitative estimate of drug-likeness (QED) is 0.208. The molecule has 2 aromatic heterocycles. The van der Waals surface area contributed by atoms with Crippen molar-refractivity contribution in [2.45, 2.75) is 31.9 Å². The number of benzene rings is 2. The summed E-state index contributed by atoms with van der Waals surface area (Å²) < 4.78 is 7.00. The van der Waals surface area contributed by atoms with E-state index in [-0.39, 0.29) is 30.2 Å². The van der Waals surface area contributed by atoms with E-state index in [1.54, 1.807) is 37.0 Å². The van der Waals surface area contributed by atoms with Gasteiger partial charge in [0, 0.05) is 56.5 Å². The summed E-state index contributed by atoms with van der Waals surface area (Å²) >= 11 is 0. The molecule has 0 aliphatic carbocycles. The minimum absolute atomic E-state index is 0.106. The predicted molar refractivity (Wildman–Crippen MR) is 169 cm³/mol. The maximum absolute atomic E-state index is 13.6. The van der Waals surface area contributed by atoms with Crippen LogP contribution in [0.4, 0.5) is 10.6 Å². The summed E-state index contributed by atoms with van der Waals surface area (Å²) in [5, 5.41) is 23.4. The van der Waals surface area contributed by atoms with Gasteiger partial charge in [-0.3, -0.25) is 20.0 Å². The number of para-hydroxylation sites is 1. The van der Waals surface area contributed by atoms with Crippen molar-refractivity contribution in [2.75, 3.05) is 45.2 Å². The van der Waals surface area contributed by atoms with Crippen LogP contribution in [-0.4, -0.2) is 88.8 Å².